The molecule has 0 saturated carbocycles. The van der Waals surface area contributed by atoms with Gasteiger partial charge in [-0.1, -0.05) is 6.07 Å². The second-order valence-electron chi connectivity index (χ2n) is 6.14. The van der Waals surface area contributed by atoms with Crippen molar-refractivity contribution >= 4 is 22.6 Å². The van der Waals surface area contributed by atoms with Crippen LogP contribution in [0.5, 0.6) is 0 Å². The summed E-state index contributed by atoms with van der Waals surface area (Å²) in [5, 5.41) is 3.88. The second-order valence-corrected chi connectivity index (χ2v) is 6.14. The van der Waals surface area contributed by atoms with Crippen LogP contribution < -0.4 is 10.9 Å². The fourth-order valence-corrected chi connectivity index (χ4v) is 3.05. The average molecular weight is 345 g/mol. The van der Waals surface area contributed by atoms with E-state index in [1.54, 1.807) is 29.7 Å². The molecule has 134 valence electrons. The van der Waals surface area contributed by atoms with Crippen molar-refractivity contribution in [2.45, 2.75) is 12.5 Å². The summed E-state index contributed by atoms with van der Waals surface area (Å²) < 4.78 is 12.2. The van der Waals surface area contributed by atoms with Crippen LogP contribution in [0.15, 0.2) is 35.1 Å². The number of benzene rings is 1. The third kappa shape index (κ3) is 3.83. The Kier molecular flexibility index (Phi) is 5.35. The van der Waals surface area contributed by atoms with Crippen LogP contribution in [0.25, 0.3) is 10.9 Å². The summed E-state index contributed by atoms with van der Waals surface area (Å²) in [5.41, 5.74) is 1.36. The van der Waals surface area contributed by atoms with E-state index in [9.17, 15) is 9.59 Å². The number of carbonyl (C=O) groups excluding carboxylic acids is 1. The van der Waals surface area contributed by atoms with Crippen LogP contribution >= 0.6 is 0 Å². The minimum atomic E-state index is -0.162. The number of methoxy groups -OCH3 is 1. The molecule has 1 fully saturated rings. The van der Waals surface area contributed by atoms with Crippen molar-refractivity contribution < 1.29 is 14.3 Å². The third-order valence-electron chi connectivity index (χ3n) is 4.52. The first kappa shape index (κ1) is 17.4. The Morgan fingerprint density at radius 3 is 2.96 bits per heavy atom. The van der Waals surface area contributed by atoms with Crippen LogP contribution in [0.2, 0.25) is 0 Å². The summed E-state index contributed by atoms with van der Waals surface area (Å²) in [6.45, 7) is 2.17. The zero-order valence-electron chi connectivity index (χ0n) is 14.5. The molecule has 7 nitrogen and oxygen atoms in total. The van der Waals surface area contributed by atoms with E-state index in [1.165, 1.54) is 6.07 Å². The zero-order valence-corrected chi connectivity index (χ0v) is 14.5. The molecule has 1 N–H and O–H groups in total. The van der Waals surface area contributed by atoms with Crippen molar-refractivity contribution in [2.24, 2.45) is 7.05 Å². The number of pyridine rings is 1. The normalized spacial score (nSPS) is 17.7. The number of nitrogens with one attached hydrogen (secondary N) is 1. The fourth-order valence-electron chi connectivity index (χ4n) is 3.05. The predicted molar refractivity (Wildman–Crippen MR) is 96.0 cm³/mol. The predicted octanol–water partition coefficient (Wildman–Crippen LogP) is 1.81. The van der Waals surface area contributed by atoms with Gasteiger partial charge in [0.15, 0.2) is 0 Å². The van der Waals surface area contributed by atoms with Gasteiger partial charge in [0.25, 0.3) is 5.56 Å². The molecule has 1 aromatic carbocycles. The minimum Gasteiger partial charge on any atom is -0.385 e. The number of nitrogens with zero attached hydrogens (tertiary/aromatic N) is 2. The molecule has 1 aromatic heterocycles. The van der Waals surface area contributed by atoms with E-state index in [-0.39, 0.29) is 17.6 Å². The monoisotopic (exact) mass is 345 g/mol. The van der Waals surface area contributed by atoms with Gasteiger partial charge in [-0.3, -0.25) is 4.79 Å². The highest BCUT2D eigenvalue weighted by Crippen LogP contribution is 2.19. The Morgan fingerprint density at radius 2 is 2.16 bits per heavy atom. The SMILES string of the molecule is COCC[C@@H]1COCCN1C(=O)Nc1ccc2ccc(=O)n(C)c2c1. The molecule has 2 aromatic rings. The molecule has 0 unspecified atom stereocenters. The van der Waals surface area contributed by atoms with Crippen LogP contribution in [-0.4, -0.2) is 55.0 Å². The van der Waals surface area contributed by atoms with Crippen molar-refractivity contribution in [3.63, 3.8) is 0 Å². The summed E-state index contributed by atoms with van der Waals surface area (Å²) in [5.74, 6) is 0. The standard InChI is InChI=1S/C18H23N3O4/c1-20-16-11-14(5-3-13(16)4-6-17(20)22)19-18(23)21-8-10-25-12-15(21)7-9-24-2/h3-6,11,15H,7-10,12H2,1-2H3,(H,19,23)/t15-/m1/s1. The highest BCUT2D eigenvalue weighted by Gasteiger charge is 2.27. The molecule has 25 heavy (non-hydrogen) atoms. The lowest BCUT2D eigenvalue weighted by atomic mass is 10.1. The maximum absolute atomic E-state index is 12.7. The number of amides is 2. The number of rotatable bonds is 4. The summed E-state index contributed by atoms with van der Waals surface area (Å²) in [4.78, 5) is 26.3. The van der Waals surface area contributed by atoms with Crippen LogP contribution in [0.3, 0.4) is 0 Å². The number of ether oxygens (including phenoxy) is 2. The van der Waals surface area contributed by atoms with Crippen LogP contribution in [0, 0.1) is 0 Å². The summed E-state index contributed by atoms with van der Waals surface area (Å²) >= 11 is 0. The van der Waals surface area contributed by atoms with E-state index < -0.39 is 0 Å². The lowest BCUT2D eigenvalue weighted by Crippen LogP contribution is -2.50. The van der Waals surface area contributed by atoms with Gasteiger partial charge in [-0.15, -0.1) is 0 Å². The van der Waals surface area contributed by atoms with E-state index >= 15 is 0 Å². The first-order valence-corrected chi connectivity index (χ1v) is 8.34. The zero-order chi connectivity index (χ0) is 17.8. The van der Waals surface area contributed by atoms with Gasteiger partial charge in [0, 0.05) is 39.1 Å². The highest BCUT2D eigenvalue weighted by atomic mass is 16.5. The quantitative estimate of drug-likeness (QED) is 0.917. The lowest BCUT2D eigenvalue weighted by molar-refractivity contribution is 0.00449. The molecule has 3 rings (SSSR count). The van der Waals surface area contributed by atoms with Crippen molar-refractivity contribution in [2.75, 3.05) is 38.8 Å². The van der Waals surface area contributed by atoms with Gasteiger partial charge in [0.1, 0.15) is 0 Å². The number of aryl methyl sites for hydroxylation is 1. The van der Waals surface area contributed by atoms with Gasteiger partial charge in [-0.05, 0) is 30.0 Å². The van der Waals surface area contributed by atoms with Crippen LogP contribution in [0.1, 0.15) is 6.42 Å². The largest absolute Gasteiger partial charge is 0.385 e. The first-order valence-electron chi connectivity index (χ1n) is 8.34. The number of hydrogen-bond donors (Lipinski definition) is 1. The van der Waals surface area contributed by atoms with Crippen molar-refractivity contribution in [1.82, 2.24) is 9.47 Å². The van der Waals surface area contributed by atoms with Gasteiger partial charge in [-0.25, -0.2) is 4.79 Å². The van der Waals surface area contributed by atoms with Gasteiger partial charge in [0.05, 0.1) is 24.8 Å². The van der Waals surface area contributed by atoms with Gasteiger partial charge >= 0.3 is 6.03 Å². The Balaban J connectivity index is 1.78. The van der Waals surface area contributed by atoms with E-state index in [4.69, 9.17) is 9.47 Å². The molecule has 2 heterocycles. The molecule has 7 heteroatoms. The average Bonchev–Trinajstić information content (AvgIpc) is 2.63. The lowest BCUT2D eigenvalue weighted by Gasteiger charge is -2.35. The molecule has 0 spiro atoms. The summed E-state index contributed by atoms with van der Waals surface area (Å²) in [6, 6.07) is 8.71. The summed E-state index contributed by atoms with van der Waals surface area (Å²) in [6.07, 6.45) is 0.732. The molecule has 1 aliphatic rings. The molecular weight excluding hydrogens is 322 g/mol. The van der Waals surface area contributed by atoms with Gasteiger partial charge in [-0.2, -0.15) is 0 Å². The van der Waals surface area contributed by atoms with Gasteiger partial charge in [0.2, 0.25) is 0 Å². The third-order valence-corrected chi connectivity index (χ3v) is 4.52. The van der Waals surface area contributed by atoms with Crippen molar-refractivity contribution in [3.05, 3.63) is 40.7 Å². The van der Waals surface area contributed by atoms with Crippen LogP contribution in [-0.2, 0) is 16.5 Å². The first-order chi connectivity index (χ1) is 12.1. The number of aromatic nitrogens is 1. The molecule has 0 radical (unpaired) electrons. The number of anilines is 1. The maximum Gasteiger partial charge on any atom is 0.322 e. The topological polar surface area (TPSA) is 72.8 Å². The number of fused-ring (bicyclic) bond motifs is 1. The highest BCUT2D eigenvalue weighted by molar-refractivity contribution is 5.92. The number of hydrogen-bond acceptors (Lipinski definition) is 4. The number of morpholine rings is 1. The Hall–Kier alpha value is -2.38. The second kappa shape index (κ2) is 7.67. The Labute approximate surface area is 146 Å². The van der Waals surface area contributed by atoms with Crippen molar-refractivity contribution in [3.8, 4) is 0 Å². The van der Waals surface area contributed by atoms with E-state index in [0.29, 0.717) is 32.1 Å². The fraction of sp³-hybridized carbons (Fsp3) is 0.444. The van der Waals surface area contributed by atoms with E-state index in [2.05, 4.69) is 5.32 Å². The Morgan fingerprint density at radius 1 is 1.36 bits per heavy atom. The molecule has 0 aliphatic carbocycles. The van der Waals surface area contributed by atoms with Crippen molar-refractivity contribution in [1.29, 1.82) is 0 Å². The smallest absolute Gasteiger partial charge is 0.322 e. The van der Waals surface area contributed by atoms with Gasteiger partial charge < -0.3 is 24.3 Å². The molecule has 1 saturated heterocycles. The molecule has 1 atom stereocenters. The molecule has 2 amide bonds. The molecule has 1 aliphatic heterocycles. The number of carbonyl (C=O) groups is 1. The van der Waals surface area contributed by atoms with E-state index in [0.717, 1.165) is 17.3 Å². The summed E-state index contributed by atoms with van der Waals surface area (Å²) in [7, 11) is 3.37. The Bertz CT molecular complexity index is 818. The molecular formula is C18H23N3O4. The van der Waals surface area contributed by atoms with Crippen LogP contribution in [0.4, 0.5) is 10.5 Å². The minimum absolute atomic E-state index is 0.00138. The number of urea groups is 1. The molecule has 0 bridgehead atoms. The maximum atomic E-state index is 12.7. The van der Waals surface area contributed by atoms with E-state index in [1.807, 2.05) is 18.2 Å².